The van der Waals surface area contributed by atoms with Crippen molar-refractivity contribution in [2.24, 2.45) is 5.16 Å². The van der Waals surface area contributed by atoms with E-state index in [1.165, 1.54) is 0 Å². The highest BCUT2D eigenvalue weighted by molar-refractivity contribution is 6.13. The van der Waals surface area contributed by atoms with Crippen LogP contribution in [0.3, 0.4) is 0 Å². The minimum Gasteiger partial charge on any atom is -0.497 e. The van der Waals surface area contributed by atoms with Gasteiger partial charge >= 0.3 is 6.09 Å². The second-order valence-electron chi connectivity index (χ2n) is 5.38. The number of pyridine rings is 1. The second-order valence-corrected chi connectivity index (χ2v) is 5.38. The highest BCUT2D eigenvalue weighted by Gasteiger charge is 2.12. The molecule has 1 aromatic carbocycles. The summed E-state index contributed by atoms with van der Waals surface area (Å²) in [5.74, 6) is 0.737. The molecule has 3 rings (SSSR count). The molecule has 134 valence electrons. The summed E-state index contributed by atoms with van der Waals surface area (Å²) >= 11 is 0. The summed E-state index contributed by atoms with van der Waals surface area (Å²) in [6.07, 6.45) is 2.36. The third kappa shape index (κ3) is 4.10. The molecule has 0 aliphatic rings. The molecule has 0 unspecified atom stereocenters. The third-order valence-electron chi connectivity index (χ3n) is 3.67. The molecule has 1 amide bonds. The fraction of sp³-hybridized carbons (Fsp3) is 0.167. The van der Waals surface area contributed by atoms with E-state index in [0.29, 0.717) is 5.71 Å². The summed E-state index contributed by atoms with van der Waals surface area (Å²) in [5, 5.41) is 16.0. The number of carbonyl (C=O) groups is 1. The second kappa shape index (κ2) is 8.02. The highest BCUT2D eigenvalue weighted by Crippen LogP contribution is 2.19. The number of aromatic amines is 1. The van der Waals surface area contributed by atoms with Gasteiger partial charge in [-0.3, -0.25) is 4.98 Å². The Hall–Kier alpha value is -3.55. The first kappa shape index (κ1) is 17.3. The van der Waals surface area contributed by atoms with Crippen LogP contribution in [0.25, 0.3) is 10.9 Å². The van der Waals surface area contributed by atoms with Gasteiger partial charge in [-0.25, -0.2) is 4.79 Å². The van der Waals surface area contributed by atoms with Crippen molar-refractivity contribution in [3.63, 3.8) is 0 Å². The lowest BCUT2D eigenvalue weighted by atomic mass is 10.1. The molecule has 8 nitrogen and oxygen atoms in total. The molecule has 0 radical (unpaired) electrons. The van der Waals surface area contributed by atoms with Crippen LogP contribution < -0.4 is 10.1 Å². The number of ether oxygens (including phenoxy) is 1. The number of amides is 1. The van der Waals surface area contributed by atoms with Crippen LogP contribution in [0.5, 0.6) is 5.75 Å². The number of aromatic nitrogens is 2. The maximum Gasteiger partial charge on any atom is 0.404 e. The largest absolute Gasteiger partial charge is 0.497 e. The maximum atomic E-state index is 10.5. The molecule has 3 N–H and O–H groups in total. The zero-order chi connectivity index (χ0) is 18.4. The van der Waals surface area contributed by atoms with Crippen molar-refractivity contribution < 1.29 is 19.5 Å². The molecule has 2 heterocycles. The standard InChI is InChI=1S/C18H18N4O4/c1-25-14-4-2-12(3-5-14)17(22-26-9-8-20-18(23)24)15-10-13-6-7-19-11-16(13)21-15/h2-7,10-11,20-21H,8-9H2,1H3,(H,23,24). The minimum absolute atomic E-state index is 0.119. The molecular weight excluding hydrogens is 336 g/mol. The number of H-pyrrole nitrogens is 1. The molecule has 0 aliphatic heterocycles. The van der Waals surface area contributed by atoms with E-state index in [2.05, 4.69) is 20.4 Å². The molecule has 0 fully saturated rings. The van der Waals surface area contributed by atoms with Crippen molar-refractivity contribution in [3.8, 4) is 5.75 Å². The van der Waals surface area contributed by atoms with Gasteiger partial charge in [0.1, 0.15) is 18.1 Å². The Balaban J connectivity index is 1.88. The van der Waals surface area contributed by atoms with E-state index in [4.69, 9.17) is 14.7 Å². The van der Waals surface area contributed by atoms with E-state index < -0.39 is 6.09 Å². The van der Waals surface area contributed by atoms with Crippen LogP contribution >= 0.6 is 0 Å². The van der Waals surface area contributed by atoms with Crippen LogP contribution in [0.2, 0.25) is 0 Å². The number of hydrogen-bond acceptors (Lipinski definition) is 5. The van der Waals surface area contributed by atoms with Gasteiger partial charge in [0.15, 0.2) is 0 Å². The number of nitrogens with one attached hydrogen (secondary N) is 2. The monoisotopic (exact) mass is 354 g/mol. The number of oxime groups is 1. The number of nitrogens with zero attached hydrogens (tertiary/aromatic N) is 2. The summed E-state index contributed by atoms with van der Waals surface area (Å²) < 4.78 is 5.19. The summed E-state index contributed by atoms with van der Waals surface area (Å²) in [6, 6.07) is 11.3. The lowest BCUT2D eigenvalue weighted by Crippen LogP contribution is -2.24. The van der Waals surface area contributed by atoms with Crippen LogP contribution in [0.4, 0.5) is 4.79 Å². The topological polar surface area (TPSA) is 109 Å². The van der Waals surface area contributed by atoms with Crippen molar-refractivity contribution in [1.82, 2.24) is 15.3 Å². The SMILES string of the molecule is COc1ccc(C(=NOCCNC(=O)O)c2cc3ccncc3[nH]2)cc1. The van der Waals surface area contributed by atoms with Gasteiger partial charge in [-0.05, 0) is 36.4 Å². The van der Waals surface area contributed by atoms with E-state index in [1.807, 2.05) is 36.4 Å². The molecule has 0 saturated heterocycles. The van der Waals surface area contributed by atoms with Gasteiger partial charge in [-0.1, -0.05) is 5.16 Å². The maximum absolute atomic E-state index is 10.5. The lowest BCUT2D eigenvalue weighted by Gasteiger charge is -2.07. The van der Waals surface area contributed by atoms with Crippen molar-refractivity contribution in [2.45, 2.75) is 0 Å². The van der Waals surface area contributed by atoms with Crippen LogP contribution in [0.1, 0.15) is 11.3 Å². The zero-order valence-corrected chi connectivity index (χ0v) is 14.1. The van der Waals surface area contributed by atoms with Crippen LogP contribution in [0, 0.1) is 0 Å². The van der Waals surface area contributed by atoms with Crippen molar-refractivity contribution in [2.75, 3.05) is 20.3 Å². The number of benzene rings is 1. The van der Waals surface area contributed by atoms with E-state index in [1.54, 1.807) is 19.5 Å². The predicted molar refractivity (Wildman–Crippen MR) is 96.7 cm³/mol. The van der Waals surface area contributed by atoms with Crippen LogP contribution in [0.15, 0.2) is 53.9 Å². The van der Waals surface area contributed by atoms with Gasteiger partial charge in [-0.2, -0.15) is 0 Å². The minimum atomic E-state index is -1.10. The first-order valence-electron chi connectivity index (χ1n) is 7.91. The van der Waals surface area contributed by atoms with Crippen LogP contribution in [-0.2, 0) is 4.84 Å². The summed E-state index contributed by atoms with van der Waals surface area (Å²) in [6.45, 7) is 0.263. The van der Waals surface area contributed by atoms with E-state index in [0.717, 1.165) is 27.9 Å². The molecule has 0 atom stereocenters. The van der Waals surface area contributed by atoms with E-state index >= 15 is 0 Å². The molecule has 0 saturated carbocycles. The molecule has 2 aromatic heterocycles. The van der Waals surface area contributed by atoms with Crippen molar-refractivity contribution in [3.05, 3.63) is 60.0 Å². The van der Waals surface area contributed by atoms with Crippen molar-refractivity contribution in [1.29, 1.82) is 0 Å². The van der Waals surface area contributed by atoms with Crippen molar-refractivity contribution >= 4 is 22.7 Å². The lowest BCUT2D eigenvalue weighted by molar-refractivity contribution is 0.141. The number of rotatable bonds is 7. The summed E-state index contributed by atoms with van der Waals surface area (Å²) in [5.41, 5.74) is 3.08. The van der Waals surface area contributed by atoms with E-state index in [-0.39, 0.29) is 13.2 Å². The fourth-order valence-electron chi connectivity index (χ4n) is 2.42. The van der Waals surface area contributed by atoms with Gasteiger partial charge in [-0.15, -0.1) is 0 Å². The van der Waals surface area contributed by atoms with Gasteiger partial charge in [0.05, 0.1) is 31.1 Å². The average molecular weight is 354 g/mol. The van der Waals surface area contributed by atoms with Gasteiger partial charge < -0.3 is 25.0 Å². The highest BCUT2D eigenvalue weighted by atomic mass is 16.6. The normalized spacial score (nSPS) is 11.3. The first-order chi connectivity index (χ1) is 12.7. The predicted octanol–water partition coefficient (Wildman–Crippen LogP) is 2.61. The Kier molecular flexibility index (Phi) is 5.33. The summed E-state index contributed by atoms with van der Waals surface area (Å²) in [4.78, 5) is 23.1. The molecule has 0 aliphatic carbocycles. The number of fused-ring (bicyclic) bond motifs is 1. The van der Waals surface area contributed by atoms with Gasteiger partial charge in [0.2, 0.25) is 0 Å². The van der Waals surface area contributed by atoms with E-state index in [9.17, 15) is 4.79 Å². The molecule has 26 heavy (non-hydrogen) atoms. The smallest absolute Gasteiger partial charge is 0.404 e. The fourth-order valence-corrected chi connectivity index (χ4v) is 2.42. The Morgan fingerprint density at radius 2 is 2.12 bits per heavy atom. The molecule has 3 aromatic rings. The zero-order valence-electron chi connectivity index (χ0n) is 14.1. The van der Waals surface area contributed by atoms with Gasteiger partial charge in [0, 0.05) is 17.1 Å². The Labute approximate surface area is 149 Å². The number of methoxy groups -OCH3 is 1. The van der Waals surface area contributed by atoms with Crippen LogP contribution in [-0.4, -0.2) is 47.1 Å². The number of hydrogen-bond donors (Lipinski definition) is 3. The molecular formula is C18H18N4O4. The summed E-state index contributed by atoms with van der Waals surface area (Å²) in [7, 11) is 1.60. The Morgan fingerprint density at radius 1 is 1.31 bits per heavy atom. The Morgan fingerprint density at radius 3 is 2.81 bits per heavy atom. The Bertz CT molecular complexity index is 885. The molecule has 0 bridgehead atoms. The van der Waals surface area contributed by atoms with Gasteiger partial charge in [0.25, 0.3) is 0 Å². The first-order valence-corrected chi connectivity index (χ1v) is 7.91. The molecule has 8 heteroatoms. The molecule has 0 spiro atoms. The number of carboxylic acid groups (broad SMARTS) is 1. The quantitative estimate of drug-likeness (QED) is 0.343. The third-order valence-corrected chi connectivity index (χ3v) is 3.67. The average Bonchev–Trinajstić information content (AvgIpc) is 3.08.